The van der Waals surface area contributed by atoms with Crippen molar-refractivity contribution in [3.05, 3.63) is 81.9 Å². The Morgan fingerprint density at radius 2 is 0.804 bits per heavy atom. The molecule has 0 fully saturated rings. The lowest BCUT2D eigenvalue weighted by Gasteiger charge is -2.26. The molecular weight excluding hydrogens is 580 g/mol. The molecule has 0 aliphatic carbocycles. The van der Waals surface area contributed by atoms with E-state index in [4.69, 9.17) is 0 Å². The van der Waals surface area contributed by atoms with Gasteiger partial charge in [-0.3, -0.25) is 29.2 Å². The largest absolute Gasteiger partial charge is 0.310 e. The Morgan fingerprint density at radius 3 is 1.11 bits per heavy atom. The van der Waals surface area contributed by atoms with E-state index in [0.717, 1.165) is 33.6 Å². The minimum atomic E-state index is -0.565. The van der Waals surface area contributed by atoms with Gasteiger partial charge in [0.2, 0.25) is 0 Å². The van der Waals surface area contributed by atoms with Gasteiger partial charge >= 0.3 is 0 Å². The van der Waals surface area contributed by atoms with Crippen LogP contribution in [-0.4, -0.2) is 63.0 Å². The molecular formula is C36H44N6O4. The van der Waals surface area contributed by atoms with Crippen LogP contribution in [0.5, 0.6) is 0 Å². The van der Waals surface area contributed by atoms with E-state index in [9.17, 15) is 19.2 Å². The number of ketones is 2. The smallest absolute Gasteiger partial charge is 0.282 e. The molecule has 0 spiro atoms. The second-order valence-electron chi connectivity index (χ2n) is 11.8. The van der Waals surface area contributed by atoms with Crippen LogP contribution in [0.1, 0.15) is 47.2 Å². The van der Waals surface area contributed by atoms with Crippen molar-refractivity contribution in [2.24, 2.45) is 10.2 Å². The molecule has 3 aromatic carbocycles. The van der Waals surface area contributed by atoms with Gasteiger partial charge in [-0.25, -0.2) is 0 Å². The lowest BCUT2D eigenvalue weighted by Crippen LogP contribution is -2.39. The fourth-order valence-electron chi connectivity index (χ4n) is 5.12. The van der Waals surface area contributed by atoms with Gasteiger partial charge < -0.3 is 9.80 Å². The fraction of sp³-hybridized carbons (Fsp3) is 0.333. The molecule has 0 atom stereocenters. The molecule has 0 unspecified atom stereocenters. The SMILES string of the molecule is CC(=O)/C(=N\N(C)c1cc(C)ccc1C)C(=O)N(C)c1cc(C)c(N(C)C(=O)/C(=N/N(C)c2cc(C)ccc2C)C(C)=O)cc1C. The highest BCUT2D eigenvalue weighted by molar-refractivity contribution is 6.68. The van der Waals surface area contributed by atoms with E-state index in [1.807, 2.05) is 64.1 Å². The Kier molecular flexibility index (Phi) is 11.0. The minimum absolute atomic E-state index is 0.213. The monoisotopic (exact) mass is 624 g/mol. The molecule has 3 rings (SSSR count). The normalized spacial score (nSPS) is 11.7. The number of Topliss-reactive ketones (excluding diaryl/α,β-unsaturated/α-hetero) is 2. The Hall–Kier alpha value is -5.12. The Labute approximate surface area is 272 Å². The van der Waals surface area contributed by atoms with Crippen LogP contribution in [0.2, 0.25) is 0 Å². The van der Waals surface area contributed by atoms with E-state index in [1.165, 1.54) is 23.6 Å². The van der Waals surface area contributed by atoms with E-state index in [1.54, 1.807) is 64.2 Å². The van der Waals surface area contributed by atoms with Crippen molar-refractivity contribution in [2.75, 3.05) is 48.0 Å². The molecule has 0 N–H and O–H groups in total. The van der Waals surface area contributed by atoms with Crippen LogP contribution in [0.4, 0.5) is 22.7 Å². The summed E-state index contributed by atoms with van der Waals surface area (Å²) in [5, 5.41) is 11.9. The molecule has 10 heteroatoms. The van der Waals surface area contributed by atoms with E-state index in [2.05, 4.69) is 10.2 Å². The van der Waals surface area contributed by atoms with Gasteiger partial charge in [0.05, 0.1) is 11.4 Å². The Balaban J connectivity index is 1.94. The standard InChI is InChI=1S/C36H44N6O4/c1-21-13-15-23(3)31(17-21)41(11)37-33(27(7)43)35(45)39(9)29-19-26(6)30(20-25(29)5)40(10)36(46)34(28(8)44)38-42(12)32-18-22(2)14-16-24(32)4/h13-20H,1-12H3/b37-33+,38-34+. The molecule has 10 nitrogen and oxygen atoms in total. The summed E-state index contributed by atoms with van der Waals surface area (Å²) in [6, 6.07) is 15.3. The molecule has 2 amide bonds. The van der Waals surface area contributed by atoms with Crippen molar-refractivity contribution in [1.29, 1.82) is 0 Å². The fourth-order valence-corrected chi connectivity index (χ4v) is 5.12. The van der Waals surface area contributed by atoms with Crippen molar-refractivity contribution in [1.82, 2.24) is 0 Å². The quantitative estimate of drug-likeness (QED) is 0.165. The van der Waals surface area contributed by atoms with Gasteiger partial charge in [0.15, 0.2) is 23.0 Å². The predicted molar refractivity (Wildman–Crippen MR) is 188 cm³/mol. The number of nitrogens with zero attached hydrogens (tertiary/aromatic N) is 6. The van der Waals surface area contributed by atoms with Crippen LogP contribution in [0, 0.1) is 41.5 Å². The number of hydrogen-bond donors (Lipinski definition) is 0. The molecule has 0 radical (unpaired) electrons. The third-order valence-electron chi connectivity index (χ3n) is 7.85. The Bertz CT molecular complexity index is 1640. The highest BCUT2D eigenvalue weighted by Gasteiger charge is 2.27. The van der Waals surface area contributed by atoms with Gasteiger partial charge in [0, 0.05) is 53.4 Å². The average molecular weight is 625 g/mol. The van der Waals surface area contributed by atoms with Crippen LogP contribution in [-0.2, 0) is 19.2 Å². The zero-order valence-electron chi connectivity index (χ0n) is 28.9. The van der Waals surface area contributed by atoms with Gasteiger partial charge in [-0.15, -0.1) is 0 Å². The number of aryl methyl sites for hydroxylation is 6. The number of carbonyl (C=O) groups is 4. The zero-order chi connectivity index (χ0) is 34.6. The van der Waals surface area contributed by atoms with Crippen LogP contribution in [0.15, 0.2) is 58.7 Å². The maximum Gasteiger partial charge on any atom is 0.282 e. The first-order valence-corrected chi connectivity index (χ1v) is 14.9. The lowest BCUT2D eigenvalue weighted by atomic mass is 10.1. The number of carbonyl (C=O) groups excluding carboxylic acids is 4. The Morgan fingerprint density at radius 1 is 0.478 bits per heavy atom. The average Bonchev–Trinajstić information content (AvgIpc) is 2.99. The maximum atomic E-state index is 13.6. The van der Waals surface area contributed by atoms with Crippen molar-refractivity contribution in [3.63, 3.8) is 0 Å². The topological polar surface area (TPSA) is 106 Å². The molecule has 0 bridgehead atoms. The van der Waals surface area contributed by atoms with E-state index >= 15 is 0 Å². The number of anilines is 4. The van der Waals surface area contributed by atoms with Crippen LogP contribution < -0.4 is 19.8 Å². The summed E-state index contributed by atoms with van der Waals surface area (Å²) in [7, 11) is 6.57. The maximum absolute atomic E-state index is 13.6. The van der Waals surface area contributed by atoms with Crippen LogP contribution >= 0.6 is 0 Å². The first-order valence-electron chi connectivity index (χ1n) is 14.9. The molecule has 3 aromatic rings. The molecule has 0 aromatic heterocycles. The third kappa shape index (κ3) is 7.74. The van der Waals surface area contributed by atoms with E-state index in [-0.39, 0.29) is 11.4 Å². The summed E-state index contributed by atoms with van der Waals surface area (Å²) in [4.78, 5) is 55.3. The van der Waals surface area contributed by atoms with Gasteiger partial charge in [-0.1, -0.05) is 24.3 Å². The molecule has 0 saturated heterocycles. The van der Waals surface area contributed by atoms with Gasteiger partial charge in [0.25, 0.3) is 11.8 Å². The predicted octanol–water partition coefficient (Wildman–Crippen LogP) is 5.63. The number of benzene rings is 3. The van der Waals surface area contributed by atoms with Crippen molar-refractivity contribution >= 4 is 57.6 Å². The second-order valence-corrected chi connectivity index (χ2v) is 11.8. The van der Waals surface area contributed by atoms with Gasteiger partial charge in [0.1, 0.15) is 0 Å². The van der Waals surface area contributed by atoms with Crippen LogP contribution in [0.25, 0.3) is 0 Å². The zero-order valence-corrected chi connectivity index (χ0v) is 28.9. The minimum Gasteiger partial charge on any atom is -0.310 e. The summed E-state index contributed by atoms with van der Waals surface area (Å²) in [6.45, 7) is 14.0. The van der Waals surface area contributed by atoms with Crippen molar-refractivity contribution in [2.45, 2.75) is 55.4 Å². The first-order chi connectivity index (χ1) is 21.4. The lowest BCUT2D eigenvalue weighted by molar-refractivity contribution is -0.117. The summed E-state index contributed by atoms with van der Waals surface area (Å²) in [5.74, 6) is -2.06. The third-order valence-corrected chi connectivity index (χ3v) is 7.85. The van der Waals surface area contributed by atoms with Crippen LogP contribution in [0.3, 0.4) is 0 Å². The first kappa shape index (κ1) is 35.4. The number of hydrogen-bond acceptors (Lipinski definition) is 8. The number of rotatable bonds is 10. The number of amides is 2. The summed E-state index contributed by atoms with van der Waals surface area (Å²) in [6.07, 6.45) is 0. The van der Waals surface area contributed by atoms with Gasteiger partial charge in [-0.2, -0.15) is 10.2 Å². The van der Waals surface area contributed by atoms with Crippen molar-refractivity contribution in [3.8, 4) is 0 Å². The molecule has 0 aliphatic heterocycles. The highest BCUT2D eigenvalue weighted by Crippen LogP contribution is 2.30. The summed E-state index contributed by atoms with van der Waals surface area (Å²) >= 11 is 0. The molecule has 242 valence electrons. The summed E-state index contributed by atoms with van der Waals surface area (Å²) < 4.78 is 0. The number of hydrazone groups is 2. The molecule has 0 heterocycles. The summed E-state index contributed by atoms with van der Waals surface area (Å²) in [5.41, 5.74) is 7.55. The van der Waals surface area contributed by atoms with Gasteiger partial charge in [-0.05, 0) is 99.2 Å². The molecule has 46 heavy (non-hydrogen) atoms. The van der Waals surface area contributed by atoms with E-state index in [0.29, 0.717) is 22.5 Å². The van der Waals surface area contributed by atoms with E-state index < -0.39 is 23.4 Å². The molecule has 0 saturated carbocycles. The van der Waals surface area contributed by atoms with Crippen molar-refractivity contribution < 1.29 is 19.2 Å². The molecule has 0 aliphatic rings. The highest BCUT2D eigenvalue weighted by atomic mass is 16.2. The second kappa shape index (κ2) is 14.3.